The standard InChI is InChI=1S/C28H36N6O3.C19H19BrN4O.C9H18N2O2/c1-19-8-7-11-29-26(19)23-17-20(35)16-22(31(23)5)21-18-34-24(30-21)9-6-10-25(34)32-12-14-33(15-13-32)27(36)37-28(2,3)4;1-12-5-4-8-21-19(12)16-10-13(25)9-15(23(16)2)14-11-24-17(20)6-3-7-18(24)22-14;1-9(2,3)13-8(12)11-6-4-10-5-7-11/h6-11,18,22-23H,12-17H2,1-5H3;3-8,11,15-16H,9-10H2,1-2H3;10H,4-7H2,1-3H3. The zero-order chi connectivity index (χ0) is 53.8. The van der Waals surface area contributed by atoms with Crippen molar-refractivity contribution in [3.8, 4) is 0 Å². The zero-order valence-corrected chi connectivity index (χ0v) is 46.7. The summed E-state index contributed by atoms with van der Waals surface area (Å²) < 4.78 is 15.8. The molecule has 4 unspecified atom stereocenters. The molecule has 0 bridgehead atoms. The molecule has 4 aliphatic heterocycles. The highest BCUT2D eigenvalue weighted by molar-refractivity contribution is 9.10. The first kappa shape index (κ1) is 55.0. The number of aromatic nitrogens is 6. The number of piperazine rings is 2. The van der Waals surface area contributed by atoms with Crippen molar-refractivity contribution in [1.82, 2.24) is 53.7 Å². The van der Waals surface area contributed by atoms with Crippen LogP contribution in [0.3, 0.4) is 0 Å². The van der Waals surface area contributed by atoms with Crippen LogP contribution in [0.15, 0.2) is 90.1 Å². The molecule has 6 aromatic rings. The lowest BCUT2D eigenvalue weighted by molar-refractivity contribution is -0.126. The number of nitrogens with one attached hydrogen (secondary N) is 1. The topological polar surface area (TPSA) is 175 Å². The molecule has 4 atom stereocenters. The van der Waals surface area contributed by atoms with E-state index in [0.29, 0.717) is 51.9 Å². The Bertz CT molecular complexity index is 2990. The molecule has 10 heterocycles. The number of Topliss-reactive ketones (excluding diaryl/α,β-unsaturated/α-hetero) is 2. The summed E-state index contributed by atoms with van der Waals surface area (Å²) in [7, 11) is 4.13. The first-order chi connectivity index (χ1) is 35.6. The molecule has 4 fully saturated rings. The van der Waals surface area contributed by atoms with Crippen LogP contribution in [0.2, 0.25) is 0 Å². The highest BCUT2D eigenvalue weighted by atomic mass is 79.9. The summed E-state index contributed by atoms with van der Waals surface area (Å²) in [5, 5.41) is 3.18. The first-order valence-corrected chi connectivity index (χ1v) is 26.8. The minimum atomic E-state index is -0.505. The maximum Gasteiger partial charge on any atom is 0.410 e. The van der Waals surface area contributed by atoms with Gasteiger partial charge in [0.05, 0.1) is 51.5 Å². The van der Waals surface area contributed by atoms with Crippen molar-refractivity contribution in [1.29, 1.82) is 0 Å². The molecule has 6 aromatic heterocycles. The van der Waals surface area contributed by atoms with Gasteiger partial charge in [-0.05, 0) is 133 Å². The Hall–Kier alpha value is -6.28. The van der Waals surface area contributed by atoms with E-state index in [0.717, 1.165) is 81.8 Å². The summed E-state index contributed by atoms with van der Waals surface area (Å²) in [6.45, 7) is 21.2. The number of likely N-dealkylation sites (tertiary alicyclic amines) is 2. The fraction of sp³-hybridized carbons (Fsp3) is 0.500. The Morgan fingerprint density at radius 3 is 1.49 bits per heavy atom. The highest BCUT2D eigenvalue weighted by Crippen LogP contribution is 2.41. The Morgan fingerprint density at radius 1 is 0.587 bits per heavy atom. The van der Waals surface area contributed by atoms with Crippen LogP contribution in [0.1, 0.15) is 125 Å². The lowest BCUT2D eigenvalue weighted by Crippen LogP contribution is -2.50. The van der Waals surface area contributed by atoms with Gasteiger partial charge in [0.15, 0.2) is 0 Å². The second kappa shape index (κ2) is 23.3. The van der Waals surface area contributed by atoms with Gasteiger partial charge in [-0.3, -0.25) is 38.2 Å². The van der Waals surface area contributed by atoms with Crippen molar-refractivity contribution in [3.63, 3.8) is 0 Å². The predicted molar refractivity (Wildman–Crippen MR) is 292 cm³/mol. The number of hydrogen-bond acceptors (Lipinski definition) is 14. The minimum absolute atomic E-state index is 0.0132. The number of halogens is 1. The van der Waals surface area contributed by atoms with Gasteiger partial charge in [0.2, 0.25) is 0 Å². The Kier molecular flexibility index (Phi) is 17.1. The van der Waals surface area contributed by atoms with Crippen LogP contribution in [0.25, 0.3) is 11.3 Å². The summed E-state index contributed by atoms with van der Waals surface area (Å²) in [6.07, 6.45) is 9.09. The summed E-state index contributed by atoms with van der Waals surface area (Å²) in [6, 6.07) is 19.7. The van der Waals surface area contributed by atoms with E-state index in [9.17, 15) is 19.2 Å². The van der Waals surface area contributed by atoms with E-state index < -0.39 is 5.60 Å². The van der Waals surface area contributed by atoms with E-state index in [1.54, 1.807) is 22.2 Å². The second-order valence-electron chi connectivity index (χ2n) is 21.9. The van der Waals surface area contributed by atoms with E-state index in [1.165, 1.54) is 0 Å². The van der Waals surface area contributed by atoms with E-state index in [4.69, 9.17) is 19.4 Å². The molecule has 400 valence electrons. The number of anilines is 1. The van der Waals surface area contributed by atoms with Gasteiger partial charge in [-0.2, -0.15) is 0 Å². The summed E-state index contributed by atoms with van der Waals surface area (Å²) in [5.74, 6) is 1.52. The number of fused-ring (bicyclic) bond motifs is 2. The van der Waals surface area contributed by atoms with Crippen molar-refractivity contribution in [2.24, 2.45) is 0 Å². The largest absolute Gasteiger partial charge is 0.444 e. The van der Waals surface area contributed by atoms with Gasteiger partial charge in [0.1, 0.15) is 39.9 Å². The quantitative estimate of drug-likeness (QED) is 0.162. The highest BCUT2D eigenvalue weighted by Gasteiger charge is 2.38. The lowest BCUT2D eigenvalue weighted by atomic mass is 9.90. The lowest BCUT2D eigenvalue weighted by Gasteiger charge is -2.38. The Balaban J connectivity index is 0.000000168. The molecular formula is C56H73BrN12O6. The second-order valence-corrected chi connectivity index (χ2v) is 22.7. The molecule has 75 heavy (non-hydrogen) atoms. The van der Waals surface area contributed by atoms with Crippen molar-refractivity contribution >= 4 is 56.8 Å². The van der Waals surface area contributed by atoms with Gasteiger partial charge in [-0.1, -0.05) is 24.3 Å². The molecule has 4 aliphatic rings. The van der Waals surface area contributed by atoms with Gasteiger partial charge in [-0.25, -0.2) is 19.6 Å². The van der Waals surface area contributed by atoms with Crippen LogP contribution < -0.4 is 10.2 Å². The fourth-order valence-corrected chi connectivity index (χ4v) is 10.6. The molecule has 0 radical (unpaired) electrons. The number of pyridine rings is 4. The van der Waals surface area contributed by atoms with Gasteiger partial charge in [-0.15, -0.1) is 0 Å². The zero-order valence-electron chi connectivity index (χ0n) is 45.1. The van der Waals surface area contributed by atoms with Crippen molar-refractivity contribution in [3.05, 3.63) is 124 Å². The SMILES string of the molecule is CC(C)(C)OC(=O)N1CCNCC1.Cc1cccnc1C1CC(=O)CC(c2cn3c(Br)cccc3n2)N1C.Cc1cccnc1C1CC(=O)CC(c2cn3c(N4CCN(C(=O)OC(C)(C)C)CC4)cccc3n2)N1C. The molecule has 19 heteroatoms. The maximum atomic E-state index is 12.8. The molecule has 10 rings (SSSR count). The third-order valence-electron chi connectivity index (χ3n) is 14.0. The number of hydrogen-bond donors (Lipinski definition) is 1. The van der Waals surface area contributed by atoms with Gasteiger partial charge < -0.3 is 29.5 Å². The number of carbonyl (C=O) groups is 4. The van der Waals surface area contributed by atoms with E-state index in [2.05, 4.69) is 76.7 Å². The number of amides is 2. The Morgan fingerprint density at radius 2 is 1.03 bits per heavy atom. The average molecular weight is 1090 g/mol. The van der Waals surface area contributed by atoms with Crippen LogP contribution in [0.5, 0.6) is 0 Å². The third kappa shape index (κ3) is 13.4. The third-order valence-corrected chi connectivity index (χ3v) is 14.7. The summed E-state index contributed by atoms with van der Waals surface area (Å²) in [5.41, 5.74) is 6.77. The number of carbonyl (C=O) groups excluding carboxylic acids is 4. The number of imidazole rings is 2. The van der Waals surface area contributed by atoms with Gasteiger partial charge in [0, 0.05) is 103 Å². The number of piperidine rings is 2. The monoisotopic (exact) mass is 1090 g/mol. The molecule has 0 aliphatic carbocycles. The predicted octanol–water partition coefficient (Wildman–Crippen LogP) is 8.88. The number of rotatable bonds is 5. The molecule has 0 saturated carbocycles. The molecule has 18 nitrogen and oxygen atoms in total. The van der Waals surface area contributed by atoms with Crippen LogP contribution in [-0.4, -0.2) is 150 Å². The number of ether oxygens (including phenoxy) is 2. The molecule has 1 N–H and O–H groups in total. The van der Waals surface area contributed by atoms with Crippen molar-refractivity contribution < 1.29 is 28.7 Å². The number of nitrogens with zero attached hydrogens (tertiary/aromatic N) is 11. The van der Waals surface area contributed by atoms with E-state index in [-0.39, 0.29) is 53.5 Å². The Labute approximate surface area is 448 Å². The fourth-order valence-electron chi connectivity index (χ4n) is 10.1. The number of aryl methyl sites for hydroxylation is 2. The summed E-state index contributed by atoms with van der Waals surface area (Å²) >= 11 is 3.55. The first-order valence-electron chi connectivity index (χ1n) is 26.0. The smallest absolute Gasteiger partial charge is 0.410 e. The van der Waals surface area contributed by atoms with Crippen LogP contribution in [-0.2, 0) is 19.1 Å². The summed E-state index contributed by atoms with van der Waals surface area (Å²) in [4.78, 5) is 78.4. The molecular weight excluding hydrogens is 1020 g/mol. The minimum Gasteiger partial charge on any atom is -0.444 e. The molecule has 4 saturated heterocycles. The van der Waals surface area contributed by atoms with Crippen LogP contribution in [0, 0.1) is 13.8 Å². The van der Waals surface area contributed by atoms with Gasteiger partial charge >= 0.3 is 12.2 Å². The van der Waals surface area contributed by atoms with E-state index in [1.807, 2.05) is 121 Å². The van der Waals surface area contributed by atoms with Crippen LogP contribution >= 0.6 is 15.9 Å². The van der Waals surface area contributed by atoms with E-state index >= 15 is 0 Å². The number of ketones is 2. The van der Waals surface area contributed by atoms with Crippen molar-refractivity contribution in [2.45, 2.75) is 116 Å². The average Bonchev–Trinajstić information content (AvgIpc) is 4.02. The van der Waals surface area contributed by atoms with Crippen molar-refractivity contribution in [2.75, 3.05) is 71.4 Å². The molecule has 2 amide bonds. The molecule has 0 spiro atoms. The van der Waals surface area contributed by atoms with Gasteiger partial charge in [0.25, 0.3) is 0 Å². The van der Waals surface area contributed by atoms with Crippen LogP contribution in [0.4, 0.5) is 15.4 Å². The molecule has 0 aromatic carbocycles. The maximum absolute atomic E-state index is 12.8. The normalized spacial score (nSPS) is 21.1.